The predicted molar refractivity (Wildman–Crippen MR) is 47.2 cm³/mol. The van der Waals surface area contributed by atoms with Crippen LogP contribution in [0.25, 0.3) is 0 Å². The highest BCUT2D eigenvalue weighted by Crippen LogP contribution is 1.97. The zero-order valence-corrected chi connectivity index (χ0v) is 7.57. The summed E-state index contributed by atoms with van der Waals surface area (Å²) >= 11 is 0. The zero-order chi connectivity index (χ0) is 8.04. The van der Waals surface area contributed by atoms with Crippen molar-refractivity contribution in [3.05, 3.63) is 12.2 Å². The van der Waals surface area contributed by atoms with Gasteiger partial charge in [0.25, 0.3) is 0 Å². The monoisotopic (exact) mass is 141 g/mol. The maximum absolute atomic E-state index is 3.41. The molecule has 1 N–H and O–H groups in total. The maximum Gasteiger partial charge on any atom is 0.00966 e. The molecule has 0 heterocycles. The lowest BCUT2D eigenvalue weighted by atomic mass is 10.1. The fourth-order valence-corrected chi connectivity index (χ4v) is 0.697. The van der Waals surface area contributed by atoms with Crippen molar-refractivity contribution in [3.63, 3.8) is 0 Å². The Morgan fingerprint density at radius 1 is 1.30 bits per heavy atom. The molecule has 0 rings (SSSR count). The van der Waals surface area contributed by atoms with E-state index in [1.165, 1.54) is 0 Å². The van der Waals surface area contributed by atoms with E-state index >= 15 is 0 Å². The van der Waals surface area contributed by atoms with Gasteiger partial charge in [-0.1, -0.05) is 12.2 Å². The molecule has 0 saturated carbocycles. The van der Waals surface area contributed by atoms with Gasteiger partial charge in [0.05, 0.1) is 0 Å². The fraction of sp³-hybridized carbons (Fsp3) is 0.778. The number of hydrogen-bond acceptors (Lipinski definition) is 1. The highest BCUT2D eigenvalue weighted by Gasteiger charge is 2.05. The fourth-order valence-electron chi connectivity index (χ4n) is 0.697. The van der Waals surface area contributed by atoms with Crippen LogP contribution in [0.15, 0.2) is 12.2 Å². The summed E-state index contributed by atoms with van der Waals surface area (Å²) in [5.74, 6) is 0. The molecule has 0 amide bonds. The summed E-state index contributed by atoms with van der Waals surface area (Å²) in [7, 11) is 0. The quantitative estimate of drug-likeness (QED) is 0.470. The Labute approximate surface area is 64.5 Å². The van der Waals surface area contributed by atoms with Crippen molar-refractivity contribution in [3.8, 4) is 0 Å². The van der Waals surface area contributed by atoms with Crippen molar-refractivity contribution in [1.82, 2.24) is 5.32 Å². The van der Waals surface area contributed by atoms with Gasteiger partial charge >= 0.3 is 0 Å². The van der Waals surface area contributed by atoms with Gasteiger partial charge in [0.1, 0.15) is 0 Å². The molecule has 0 radical (unpaired) electrons. The normalized spacial score (nSPS) is 12.8. The van der Waals surface area contributed by atoms with E-state index in [9.17, 15) is 0 Å². The Bertz CT molecular complexity index is 97.8. The molecule has 0 bridgehead atoms. The lowest BCUT2D eigenvalue weighted by Crippen LogP contribution is -2.36. The highest BCUT2D eigenvalue weighted by atomic mass is 14.9. The van der Waals surface area contributed by atoms with Crippen molar-refractivity contribution in [2.75, 3.05) is 6.54 Å². The Balaban J connectivity index is 3.20. The number of rotatable bonds is 3. The van der Waals surface area contributed by atoms with Crippen LogP contribution in [-0.2, 0) is 0 Å². The molecule has 0 unspecified atom stereocenters. The molecular weight excluding hydrogens is 122 g/mol. The third-order valence-electron chi connectivity index (χ3n) is 1.20. The van der Waals surface area contributed by atoms with Crippen LogP contribution < -0.4 is 5.32 Å². The molecule has 0 aromatic rings. The van der Waals surface area contributed by atoms with Crippen LogP contribution in [0.5, 0.6) is 0 Å². The van der Waals surface area contributed by atoms with E-state index < -0.39 is 0 Å². The number of hydrogen-bond donors (Lipinski definition) is 1. The van der Waals surface area contributed by atoms with Crippen molar-refractivity contribution < 1.29 is 0 Å². The lowest BCUT2D eigenvalue weighted by Gasteiger charge is -2.19. The molecule has 0 saturated heterocycles. The van der Waals surface area contributed by atoms with Gasteiger partial charge in [-0.2, -0.15) is 0 Å². The average Bonchev–Trinajstić information content (AvgIpc) is 1.78. The second-order valence-electron chi connectivity index (χ2n) is 3.53. The van der Waals surface area contributed by atoms with Gasteiger partial charge in [0, 0.05) is 5.54 Å². The molecule has 0 fully saturated rings. The van der Waals surface area contributed by atoms with Gasteiger partial charge in [0.15, 0.2) is 0 Å². The summed E-state index contributed by atoms with van der Waals surface area (Å²) in [5, 5.41) is 3.41. The van der Waals surface area contributed by atoms with E-state index in [1.807, 2.05) is 0 Å². The smallest absolute Gasteiger partial charge is 0.00966 e. The Kier molecular flexibility index (Phi) is 4.37. The first-order valence-electron chi connectivity index (χ1n) is 3.92. The molecule has 0 atom stereocenters. The minimum Gasteiger partial charge on any atom is -0.312 e. The standard InChI is InChI=1S/C9H19N/c1-5-6-7-8-10-9(2,3)4/h5-6,10H,7-8H2,1-4H3. The van der Waals surface area contributed by atoms with Crippen LogP contribution in [0.1, 0.15) is 34.1 Å². The molecule has 0 aromatic heterocycles. The van der Waals surface area contributed by atoms with Crippen molar-refractivity contribution in [1.29, 1.82) is 0 Å². The molecule has 0 aliphatic rings. The van der Waals surface area contributed by atoms with E-state index in [2.05, 4.69) is 45.2 Å². The van der Waals surface area contributed by atoms with Gasteiger partial charge in [-0.15, -0.1) is 0 Å². The first kappa shape index (κ1) is 9.70. The van der Waals surface area contributed by atoms with E-state index in [1.54, 1.807) is 0 Å². The Morgan fingerprint density at radius 2 is 1.90 bits per heavy atom. The van der Waals surface area contributed by atoms with Gasteiger partial charge in [-0.05, 0) is 40.7 Å². The molecule has 0 aliphatic carbocycles. The number of allylic oxidation sites excluding steroid dienone is 1. The Morgan fingerprint density at radius 3 is 2.30 bits per heavy atom. The topological polar surface area (TPSA) is 12.0 Å². The zero-order valence-electron chi connectivity index (χ0n) is 7.57. The number of nitrogens with one attached hydrogen (secondary N) is 1. The highest BCUT2D eigenvalue weighted by molar-refractivity contribution is 4.79. The molecule has 1 nitrogen and oxygen atoms in total. The first-order chi connectivity index (χ1) is 4.56. The largest absolute Gasteiger partial charge is 0.312 e. The van der Waals surface area contributed by atoms with E-state index in [-0.39, 0.29) is 5.54 Å². The molecule has 0 aliphatic heterocycles. The molecule has 10 heavy (non-hydrogen) atoms. The van der Waals surface area contributed by atoms with Crippen LogP contribution in [0.2, 0.25) is 0 Å². The summed E-state index contributed by atoms with van der Waals surface area (Å²) < 4.78 is 0. The minimum absolute atomic E-state index is 0.265. The van der Waals surface area contributed by atoms with Gasteiger partial charge in [-0.25, -0.2) is 0 Å². The summed E-state index contributed by atoms with van der Waals surface area (Å²) in [6, 6.07) is 0. The van der Waals surface area contributed by atoms with Crippen LogP contribution in [0, 0.1) is 0 Å². The maximum atomic E-state index is 3.41. The van der Waals surface area contributed by atoms with Crippen molar-refractivity contribution in [2.45, 2.75) is 39.7 Å². The lowest BCUT2D eigenvalue weighted by molar-refractivity contribution is 0.431. The van der Waals surface area contributed by atoms with Crippen LogP contribution >= 0.6 is 0 Å². The van der Waals surface area contributed by atoms with Crippen LogP contribution in [0.4, 0.5) is 0 Å². The van der Waals surface area contributed by atoms with E-state index in [0.717, 1.165) is 13.0 Å². The molecular formula is C9H19N. The summed E-state index contributed by atoms with van der Waals surface area (Å²) in [6.45, 7) is 9.68. The van der Waals surface area contributed by atoms with Crippen LogP contribution in [0.3, 0.4) is 0 Å². The molecule has 0 spiro atoms. The van der Waals surface area contributed by atoms with Crippen molar-refractivity contribution in [2.24, 2.45) is 0 Å². The van der Waals surface area contributed by atoms with E-state index in [4.69, 9.17) is 0 Å². The van der Waals surface area contributed by atoms with Crippen LogP contribution in [-0.4, -0.2) is 12.1 Å². The minimum atomic E-state index is 0.265. The predicted octanol–water partition coefficient (Wildman–Crippen LogP) is 2.34. The summed E-state index contributed by atoms with van der Waals surface area (Å²) in [6.07, 6.45) is 5.40. The molecule has 0 aromatic carbocycles. The third kappa shape index (κ3) is 7.70. The second-order valence-corrected chi connectivity index (χ2v) is 3.53. The van der Waals surface area contributed by atoms with Gasteiger partial charge in [-0.3, -0.25) is 0 Å². The summed E-state index contributed by atoms with van der Waals surface area (Å²) in [4.78, 5) is 0. The molecule has 1 heteroatoms. The van der Waals surface area contributed by atoms with Gasteiger partial charge < -0.3 is 5.32 Å². The first-order valence-corrected chi connectivity index (χ1v) is 3.92. The van der Waals surface area contributed by atoms with E-state index in [0.29, 0.717) is 0 Å². The Hall–Kier alpha value is -0.300. The average molecular weight is 141 g/mol. The van der Waals surface area contributed by atoms with Gasteiger partial charge in [0.2, 0.25) is 0 Å². The summed E-state index contributed by atoms with van der Waals surface area (Å²) in [5.41, 5.74) is 0.265. The molecule has 60 valence electrons. The third-order valence-corrected chi connectivity index (χ3v) is 1.20. The SMILES string of the molecule is CC=CCCNC(C)(C)C. The second kappa shape index (κ2) is 4.51. The van der Waals surface area contributed by atoms with Crippen molar-refractivity contribution >= 4 is 0 Å².